The van der Waals surface area contributed by atoms with Gasteiger partial charge in [0.1, 0.15) is 11.3 Å². The Morgan fingerprint density at radius 1 is 1.00 bits per heavy atom. The molecule has 6 nitrogen and oxygen atoms in total. The summed E-state index contributed by atoms with van der Waals surface area (Å²) in [7, 11) is 3.57. The average Bonchev–Trinajstić information content (AvgIpc) is 3.04. The number of urea groups is 1. The van der Waals surface area contributed by atoms with Gasteiger partial charge in [0.25, 0.3) is 5.91 Å². The number of imide groups is 1. The summed E-state index contributed by atoms with van der Waals surface area (Å²) in [6.07, 6.45) is 0.496. The number of nitrogens with zero attached hydrogens (tertiary/aromatic N) is 2. The molecule has 1 aliphatic heterocycles. The smallest absolute Gasteiger partial charge is 0.326 e. The van der Waals surface area contributed by atoms with E-state index in [0.717, 1.165) is 27.6 Å². The van der Waals surface area contributed by atoms with Gasteiger partial charge in [-0.05, 0) is 53.6 Å². The van der Waals surface area contributed by atoms with E-state index < -0.39 is 5.54 Å². The summed E-state index contributed by atoms with van der Waals surface area (Å²) < 4.78 is 5.29. The Kier molecular flexibility index (Phi) is 5.65. The van der Waals surface area contributed by atoms with Gasteiger partial charge in [0.2, 0.25) is 0 Å². The Bertz CT molecular complexity index is 1120. The second-order valence-corrected chi connectivity index (χ2v) is 7.99. The zero-order valence-corrected chi connectivity index (χ0v) is 18.1. The maximum absolute atomic E-state index is 13.3. The number of carbonyl (C=O) groups is 2. The van der Waals surface area contributed by atoms with Crippen molar-refractivity contribution in [2.24, 2.45) is 0 Å². The van der Waals surface area contributed by atoms with Crippen LogP contribution in [0.2, 0.25) is 0 Å². The van der Waals surface area contributed by atoms with Gasteiger partial charge >= 0.3 is 6.03 Å². The molecule has 3 amide bonds. The highest BCUT2D eigenvalue weighted by Gasteiger charge is 2.51. The number of carbonyl (C=O) groups excluding carboxylic acids is 2. The Balaban J connectivity index is 1.49. The molecule has 0 aromatic heterocycles. The van der Waals surface area contributed by atoms with Crippen LogP contribution >= 0.6 is 0 Å². The van der Waals surface area contributed by atoms with Crippen LogP contribution in [0.4, 0.5) is 4.79 Å². The quantitative estimate of drug-likeness (QED) is 0.588. The summed E-state index contributed by atoms with van der Waals surface area (Å²) in [6.45, 7) is 2.76. The molecule has 0 spiro atoms. The van der Waals surface area contributed by atoms with Crippen LogP contribution in [0.15, 0.2) is 66.7 Å². The third-order valence-electron chi connectivity index (χ3n) is 5.92. The summed E-state index contributed by atoms with van der Waals surface area (Å²) in [4.78, 5) is 29.3. The Morgan fingerprint density at radius 2 is 1.71 bits per heavy atom. The largest absolute Gasteiger partial charge is 0.497 e. The SMILES string of the molecule is CC[C@@]1(c2ccccc2)NC(=O)N(CN(C)Cc2ccc3cc(OC)ccc3c2)C1=O. The van der Waals surface area contributed by atoms with Crippen LogP contribution in [0.25, 0.3) is 10.8 Å². The van der Waals surface area contributed by atoms with Crippen LogP contribution in [0, 0.1) is 0 Å². The minimum Gasteiger partial charge on any atom is -0.497 e. The van der Waals surface area contributed by atoms with E-state index in [1.165, 1.54) is 4.90 Å². The molecular formula is C25H27N3O3. The van der Waals surface area contributed by atoms with Crippen molar-refractivity contribution in [3.8, 4) is 5.75 Å². The summed E-state index contributed by atoms with van der Waals surface area (Å²) in [6, 6.07) is 21.3. The first kappa shape index (κ1) is 20.9. The molecule has 1 heterocycles. The fourth-order valence-corrected chi connectivity index (χ4v) is 4.22. The van der Waals surface area contributed by atoms with Crippen LogP contribution in [-0.4, -0.2) is 42.6 Å². The molecule has 1 N–H and O–H groups in total. The van der Waals surface area contributed by atoms with Gasteiger partial charge in [-0.3, -0.25) is 9.69 Å². The number of hydrogen-bond acceptors (Lipinski definition) is 4. The lowest BCUT2D eigenvalue weighted by Crippen LogP contribution is -2.44. The highest BCUT2D eigenvalue weighted by molar-refractivity contribution is 6.07. The van der Waals surface area contributed by atoms with Gasteiger partial charge in [-0.2, -0.15) is 0 Å². The molecule has 3 aromatic rings. The molecule has 0 bridgehead atoms. The molecule has 0 saturated carbocycles. The highest BCUT2D eigenvalue weighted by Crippen LogP contribution is 2.32. The van der Waals surface area contributed by atoms with Crippen LogP contribution < -0.4 is 10.1 Å². The molecular weight excluding hydrogens is 390 g/mol. The second kappa shape index (κ2) is 8.40. The van der Waals surface area contributed by atoms with E-state index in [1.54, 1.807) is 7.11 Å². The molecule has 160 valence electrons. The highest BCUT2D eigenvalue weighted by atomic mass is 16.5. The lowest BCUT2D eigenvalue weighted by atomic mass is 9.87. The number of fused-ring (bicyclic) bond motifs is 1. The Labute approximate surface area is 182 Å². The average molecular weight is 418 g/mol. The van der Waals surface area contributed by atoms with Crippen molar-refractivity contribution in [2.75, 3.05) is 20.8 Å². The zero-order valence-electron chi connectivity index (χ0n) is 18.1. The van der Waals surface area contributed by atoms with Crippen molar-refractivity contribution in [1.29, 1.82) is 0 Å². The first-order valence-electron chi connectivity index (χ1n) is 10.4. The number of methoxy groups -OCH3 is 1. The molecule has 0 aliphatic carbocycles. The van der Waals surface area contributed by atoms with Gasteiger partial charge in [0.05, 0.1) is 13.8 Å². The fraction of sp³-hybridized carbons (Fsp3) is 0.280. The van der Waals surface area contributed by atoms with E-state index in [0.29, 0.717) is 13.0 Å². The van der Waals surface area contributed by atoms with E-state index in [9.17, 15) is 9.59 Å². The number of nitrogens with one attached hydrogen (secondary N) is 1. The number of rotatable bonds is 7. The van der Waals surface area contributed by atoms with Gasteiger partial charge in [-0.15, -0.1) is 0 Å². The maximum atomic E-state index is 13.3. The van der Waals surface area contributed by atoms with Crippen LogP contribution in [0.1, 0.15) is 24.5 Å². The molecule has 1 saturated heterocycles. The number of amides is 3. The van der Waals surface area contributed by atoms with E-state index >= 15 is 0 Å². The van der Waals surface area contributed by atoms with Crippen LogP contribution in [0.3, 0.4) is 0 Å². The van der Waals surface area contributed by atoms with Gasteiger partial charge in [-0.25, -0.2) is 9.69 Å². The molecule has 1 fully saturated rings. The van der Waals surface area contributed by atoms with Crippen molar-refractivity contribution < 1.29 is 14.3 Å². The number of ether oxygens (including phenoxy) is 1. The van der Waals surface area contributed by atoms with Crippen LogP contribution in [0.5, 0.6) is 5.75 Å². The van der Waals surface area contributed by atoms with E-state index in [4.69, 9.17) is 4.74 Å². The lowest BCUT2D eigenvalue weighted by Gasteiger charge is -2.27. The molecule has 3 aromatic carbocycles. The molecule has 0 radical (unpaired) electrons. The Morgan fingerprint density at radius 3 is 2.42 bits per heavy atom. The molecule has 1 aliphatic rings. The minimum absolute atomic E-state index is 0.205. The Hall–Kier alpha value is -3.38. The van der Waals surface area contributed by atoms with E-state index in [-0.39, 0.29) is 18.6 Å². The van der Waals surface area contributed by atoms with Crippen molar-refractivity contribution >= 4 is 22.7 Å². The summed E-state index contributed by atoms with van der Waals surface area (Å²) in [5.41, 5.74) is 0.921. The van der Waals surface area contributed by atoms with E-state index in [2.05, 4.69) is 23.5 Å². The first-order valence-corrected chi connectivity index (χ1v) is 10.4. The van der Waals surface area contributed by atoms with Crippen molar-refractivity contribution in [1.82, 2.24) is 15.1 Å². The third kappa shape index (κ3) is 3.86. The number of hydrogen-bond donors (Lipinski definition) is 1. The molecule has 1 atom stereocenters. The topological polar surface area (TPSA) is 61.9 Å². The standard InChI is InChI=1S/C25H27N3O3/c1-4-25(21-8-6-5-7-9-21)23(29)28(24(30)26-25)17-27(2)16-18-10-11-20-15-22(31-3)13-12-19(20)14-18/h5-15H,4,16-17H2,1-3H3,(H,26,30)/t25-/m0/s1. The zero-order chi connectivity index (χ0) is 22.0. The van der Waals surface area contributed by atoms with Gasteiger partial charge in [-0.1, -0.05) is 55.5 Å². The normalized spacial score (nSPS) is 18.6. The van der Waals surface area contributed by atoms with Gasteiger partial charge in [0, 0.05) is 6.54 Å². The van der Waals surface area contributed by atoms with Gasteiger partial charge in [0.15, 0.2) is 0 Å². The van der Waals surface area contributed by atoms with Crippen LogP contribution in [-0.2, 0) is 16.9 Å². The summed E-state index contributed by atoms with van der Waals surface area (Å²) in [5, 5.41) is 5.16. The minimum atomic E-state index is -0.999. The molecule has 0 unspecified atom stereocenters. The van der Waals surface area contributed by atoms with Gasteiger partial charge < -0.3 is 10.1 Å². The second-order valence-electron chi connectivity index (χ2n) is 7.99. The van der Waals surface area contributed by atoms with Crippen molar-refractivity contribution in [3.63, 3.8) is 0 Å². The summed E-state index contributed by atoms with van der Waals surface area (Å²) in [5.74, 6) is 0.623. The predicted octanol–water partition coefficient (Wildman–Crippen LogP) is 4.10. The fourth-order valence-electron chi connectivity index (χ4n) is 4.22. The van der Waals surface area contributed by atoms with Crippen molar-refractivity contribution in [2.45, 2.75) is 25.4 Å². The molecule has 6 heteroatoms. The van der Waals surface area contributed by atoms with E-state index in [1.807, 2.05) is 67.4 Å². The molecule has 31 heavy (non-hydrogen) atoms. The lowest BCUT2D eigenvalue weighted by molar-refractivity contribution is -0.133. The summed E-state index contributed by atoms with van der Waals surface area (Å²) >= 11 is 0. The monoisotopic (exact) mass is 417 g/mol. The predicted molar refractivity (Wildman–Crippen MR) is 121 cm³/mol. The molecule has 4 rings (SSSR count). The maximum Gasteiger partial charge on any atom is 0.326 e. The van der Waals surface area contributed by atoms with Crippen molar-refractivity contribution in [3.05, 3.63) is 77.9 Å². The third-order valence-corrected chi connectivity index (χ3v) is 5.92. The number of benzene rings is 3. The first-order chi connectivity index (χ1) is 15.0.